The highest BCUT2D eigenvalue weighted by atomic mass is 16.5. The molecule has 1 rings (SSSR count). The van der Waals surface area contributed by atoms with E-state index in [1.807, 2.05) is 0 Å². The second kappa shape index (κ2) is 4.75. The summed E-state index contributed by atoms with van der Waals surface area (Å²) in [5.41, 5.74) is -1.27. The third-order valence-corrected chi connectivity index (χ3v) is 2.45. The van der Waals surface area contributed by atoms with Gasteiger partial charge >= 0.3 is 0 Å². The lowest BCUT2D eigenvalue weighted by atomic mass is 10.00. The van der Waals surface area contributed by atoms with Crippen LogP contribution >= 0.6 is 0 Å². The van der Waals surface area contributed by atoms with Crippen molar-refractivity contribution in [3.8, 4) is 0 Å². The highest BCUT2D eigenvalue weighted by molar-refractivity contribution is 5.83. The minimum atomic E-state index is -1.27. The van der Waals surface area contributed by atoms with Crippen molar-refractivity contribution < 1.29 is 14.6 Å². The van der Waals surface area contributed by atoms with Crippen molar-refractivity contribution in [2.24, 2.45) is 5.92 Å². The molecule has 4 heteroatoms. The van der Waals surface area contributed by atoms with Gasteiger partial charge in [-0.15, -0.1) is 0 Å². The molecule has 1 aliphatic heterocycles. The highest BCUT2D eigenvalue weighted by Gasteiger charge is 2.24. The molecule has 1 aliphatic rings. The molecule has 0 atom stereocenters. The first kappa shape index (κ1) is 11.5. The van der Waals surface area contributed by atoms with Gasteiger partial charge in [0.25, 0.3) is 5.91 Å². The molecule has 0 aromatic carbocycles. The summed E-state index contributed by atoms with van der Waals surface area (Å²) in [6, 6.07) is 0. The van der Waals surface area contributed by atoms with E-state index in [0.29, 0.717) is 12.5 Å². The van der Waals surface area contributed by atoms with Crippen molar-refractivity contribution in [3.05, 3.63) is 0 Å². The largest absolute Gasteiger partial charge is 0.381 e. The van der Waals surface area contributed by atoms with Crippen LogP contribution in [-0.2, 0) is 9.53 Å². The number of rotatable bonds is 3. The Morgan fingerprint density at radius 1 is 1.50 bits per heavy atom. The molecular weight excluding hydrogens is 182 g/mol. The van der Waals surface area contributed by atoms with Gasteiger partial charge in [-0.05, 0) is 32.6 Å². The normalized spacial score (nSPS) is 19.4. The number of carbonyl (C=O) groups excluding carboxylic acids is 1. The van der Waals surface area contributed by atoms with Crippen LogP contribution in [0, 0.1) is 5.92 Å². The van der Waals surface area contributed by atoms with Crippen molar-refractivity contribution >= 4 is 5.91 Å². The molecule has 0 aliphatic carbocycles. The van der Waals surface area contributed by atoms with Gasteiger partial charge in [0.1, 0.15) is 5.60 Å². The van der Waals surface area contributed by atoms with E-state index < -0.39 is 5.60 Å². The van der Waals surface area contributed by atoms with E-state index in [1.54, 1.807) is 0 Å². The summed E-state index contributed by atoms with van der Waals surface area (Å²) < 4.78 is 5.21. The average molecular weight is 201 g/mol. The molecule has 4 nitrogen and oxygen atoms in total. The molecule has 0 bridgehead atoms. The Kier molecular flexibility index (Phi) is 3.89. The average Bonchev–Trinajstić information content (AvgIpc) is 2.14. The summed E-state index contributed by atoms with van der Waals surface area (Å²) in [6.07, 6.45) is 1.98. The lowest BCUT2D eigenvalue weighted by Crippen LogP contribution is -2.44. The molecule has 2 N–H and O–H groups in total. The Hall–Kier alpha value is -0.610. The zero-order chi connectivity index (χ0) is 10.6. The molecule has 0 unspecified atom stereocenters. The molecule has 1 saturated heterocycles. The van der Waals surface area contributed by atoms with Crippen molar-refractivity contribution in [2.45, 2.75) is 32.3 Å². The summed E-state index contributed by atoms with van der Waals surface area (Å²) >= 11 is 0. The number of amides is 1. The first-order valence-electron chi connectivity index (χ1n) is 5.08. The van der Waals surface area contributed by atoms with Gasteiger partial charge in [-0.25, -0.2) is 0 Å². The van der Waals surface area contributed by atoms with Crippen LogP contribution in [0.5, 0.6) is 0 Å². The Morgan fingerprint density at radius 3 is 2.57 bits per heavy atom. The van der Waals surface area contributed by atoms with Crippen LogP contribution in [0.15, 0.2) is 0 Å². The quantitative estimate of drug-likeness (QED) is 0.690. The molecule has 0 radical (unpaired) electrons. The molecule has 0 saturated carbocycles. The zero-order valence-electron chi connectivity index (χ0n) is 8.88. The number of nitrogens with one attached hydrogen (secondary N) is 1. The Bertz CT molecular complexity index is 192. The molecular formula is C10H19NO3. The Morgan fingerprint density at radius 2 is 2.07 bits per heavy atom. The van der Waals surface area contributed by atoms with E-state index in [1.165, 1.54) is 13.8 Å². The van der Waals surface area contributed by atoms with Gasteiger partial charge in [-0.3, -0.25) is 4.79 Å². The fourth-order valence-electron chi connectivity index (χ4n) is 1.40. The minimum absolute atomic E-state index is 0.302. The molecule has 82 valence electrons. The molecule has 1 amide bonds. The first-order valence-corrected chi connectivity index (χ1v) is 5.08. The Labute approximate surface area is 84.6 Å². The van der Waals surface area contributed by atoms with Gasteiger partial charge < -0.3 is 15.2 Å². The van der Waals surface area contributed by atoms with Crippen LogP contribution in [0.1, 0.15) is 26.7 Å². The second-order valence-electron chi connectivity index (χ2n) is 4.32. The lowest BCUT2D eigenvalue weighted by molar-refractivity contribution is -0.136. The maximum absolute atomic E-state index is 11.3. The summed E-state index contributed by atoms with van der Waals surface area (Å²) in [5, 5.41) is 12.1. The maximum Gasteiger partial charge on any atom is 0.251 e. The van der Waals surface area contributed by atoms with E-state index >= 15 is 0 Å². The molecule has 0 aromatic heterocycles. The monoisotopic (exact) mass is 201 g/mol. The number of hydrogen-bond donors (Lipinski definition) is 2. The Balaban J connectivity index is 2.22. The van der Waals surface area contributed by atoms with Crippen LogP contribution < -0.4 is 5.32 Å². The topological polar surface area (TPSA) is 58.6 Å². The molecule has 1 fully saturated rings. The fourth-order valence-corrected chi connectivity index (χ4v) is 1.40. The predicted molar refractivity (Wildman–Crippen MR) is 52.9 cm³/mol. The zero-order valence-corrected chi connectivity index (χ0v) is 8.88. The fraction of sp³-hybridized carbons (Fsp3) is 0.900. The van der Waals surface area contributed by atoms with E-state index in [-0.39, 0.29) is 5.91 Å². The van der Waals surface area contributed by atoms with Crippen LogP contribution in [0.4, 0.5) is 0 Å². The number of aliphatic hydroxyl groups is 1. The van der Waals surface area contributed by atoms with Gasteiger partial charge in [0.05, 0.1) is 0 Å². The van der Waals surface area contributed by atoms with Crippen molar-refractivity contribution in [3.63, 3.8) is 0 Å². The van der Waals surface area contributed by atoms with Gasteiger partial charge in [-0.1, -0.05) is 0 Å². The highest BCUT2D eigenvalue weighted by Crippen LogP contribution is 2.13. The first-order chi connectivity index (χ1) is 6.50. The molecule has 14 heavy (non-hydrogen) atoms. The third kappa shape index (κ3) is 3.64. The van der Waals surface area contributed by atoms with Crippen LogP contribution in [-0.4, -0.2) is 36.4 Å². The third-order valence-electron chi connectivity index (χ3n) is 2.45. The van der Waals surface area contributed by atoms with E-state index in [0.717, 1.165) is 26.1 Å². The minimum Gasteiger partial charge on any atom is -0.381 e. The SMILES string of the molecule is CC(C)(O)C(=O)NCC1CCOCC1. The van der Waals surface area contributed by atoms with Gasteiger partial charge in [0.2, 0.25) is 0 Å². The number of hydrogen-bond acceptors (Lipinski definition) is 3. The second-order valence-corrected chi connectivity index (χ2v) is 4.32. The van der Waals surface area contributed by atoms with Crippen molar-refractivity contribution in [1.29, 1.82) is 0 Å². The van der Waals surface area contributed by atoms with Crippen LogP contribution in [0.25, 0.3) is 0 Å². The maximum atomic E-state index is 11.3. The van der Waals surface area contributed by atoms with Crippen molar-refractivity contribution in [1.82, 2.24) is 5.32 Å². The summed E-state index contributed by atoms with van der Waals surface area (Å²) in [6.45, 7) is 5.19. The van der Waals surface area contributed by atoms with Crippen LogP contribution in [0.2, 0.25) is 0 Å². The van der Waals surface area contributed by atoms with Crippen molar-refractivity contribution in [2.75, 3.05) is 19.8 Å². The van der Waals surface area contributed by atoms with Crippen LogP contribution in [0.3, 0.4) is 0 Å². The van der Waals surface area contributed by atoms with Gasteiger partial charge in [0, 0.05) is 19.8 Å². The molecule has 1 heterocycles. The van der Waals surface area contributed by atoms with Gasteiger partial charge in [-0.2, -0.15) is 0 Å². The lowest BCUT2D eigenvalue weighted by Gasteiger charge is -2.24. The molecule has 0 spiro atoms. The number of carbonyl (C=O) groups is 1. The predicted octanol–water partition coefficient (Wildman–Crippen LogP) is 0.300. The number of ether oxygens (including phenoxy) is 1. The summed E-state index contributed by atoms with van der Waals surface area (Å²) in [7, 11) is 0. The standard InChI is InChI=1S/C10H19NO3/c1-10(2,13)9(12)11-7-8-3-5-14-6-4-8/h8,13H,3-7H2,1-2H3,(H,11,12). The molecule has 0 aromatic rings. The van der Waals surface area contributed by atoms with Gasteiger partial charge in [0.15, 0.2) is 0 Å². The summed E-state index contributed by atoms with van der Waals surface area (Å²) in [5.74, 6) is 0.194. The smallest absolute Gasteiger partial charge is 0.251 e. The van der Waals surface area contributed by atoms with E-state index in [9.17, 15) is 9.90 Å². The summed E-state index contributed by atoms with van der Waals surface area (Å²) in [4.78, 5) is 11.3. The van der Waals surface area contributed by atoms with E-state index in [4.69, 9.17) is 4.74 Å². The van der Waals surface area contributed by atoms with E-state index in [2.05, 4.69) is 5.32 Å².